The second kappa shape index (κ2) is 3.29. The van der Waals surface area contributed by atoms with E-state index in [1.165, 1.54) is 12.8 Å². The zero-order valence-electron chi connectivity index (χ0n) is 11.6. The molecule has 4 aliphatic carbocycles. The molecule has 1 heteroatoms. The lowest BCUT2D eigenvalue weighted by atomic mass is 9.91. The summed E-state index contributed by atoms with van der Waals surface area (Å²) in [7, 11) is 0. The molecule has 0 radical (unpaired) electrons. The van der Waals surface area contributed by atoms with Crippen molar-refractivity contribution >= 4 is 0 Å². The summed E-state index contributed by atoms with van der Waals surface area (Å²) in [4.78, 5) is 0. The van der Waals surface area contributed by atoms with Gasteiger partial charge in [0.1, 0.15) is 0 Å². The summed E-state index contributed by atoms with van der Waals surface area (Å²) in [6, 6.07) is 1.75. The van der Waals surface area contributed by atoms with Crippen molar-refractivity contribution in [2.75, 3.05) is 0 Å². The minimum Gasteiger partial charge on any atom is -0.310 e. The predicted molar refractivity (Wildman–Crippen MR) is 70.7 cm³/mol. The van der Waals surface area contributed by atoms with Crippen LogP contribution in [0.1, 0.15) is 52.9 Å². The first-order valence-electron chi connectivity index (χ1n) is 7.81. The van der Waals surface area contributed by atoms with Gasteiger partial charge in [-0.3, -0.25) is 0 Å². The summed E-state index contributed by atoms with van der Waals surface area (Å²) in [5.41, 5.74) is 0.583. The predicted octanol–water partition coefficient (Wildman–Crippen LogP) is 3.45. The van der Waals surface area contributed by atoms with Crippen LogP contribution >= 0.6 is 0 Å². The van der Waals surface area contributed by atoms with Crippen molar-refractivity contribution in [1.82, 2.24) is 5.32 Å². The van der Waals surface area contributed by atoms with Crippen molar-refractivity contribution < 1.29 is 0 Å². The van der Waals surface area contributed by atoms with Gasteiger partial charge in [0.05, 0.1) is 0 Å². The number of hydrogen-bond donors (Lipinski definition) is 1. The van der Waals surface area contributed by atoms with Gasteiger partial charge in [0.25, 0.3) is 0 Å². The van der Waals surface area contributed by atoms with Gasteiger partial charge in [-0.25, -0.2) is 0 Å². The number of hydrogen-bond acceptors (Lipinski definition) is 1. The molecule has 0 aromatic heterocycles. The van der Waals surface area contributed by atoms with E-state index in [2.05, 4.69) is 26.1 Å². The average Bonchev–Trinajstić information content (AvgIpc) is 2.59. The maximum atomic E-state index is 4.06. The molecule has 17 heavy (non-hydrogen) atoms. The molecule has 0 amide bonds. The van der Waals surface area contributed by atoms with Crippen molar-refractivity contribution in [2.45, 2.75) is 65.0 Å². The van der Waals surface area contributed by atoms with Gasteiger partial charge in [0.2, 0.25) is 0 Å². The fourth-order valence-corrected chi connectivity index (χ4v) is 5.91. The lowest BCUT2D eigenvalue weighted by Gasteiger charge is -2.21. The summed E-state index contributed by atoms with van der Waals surface area (Å²) in [6.45, 7) is 7.35. The zero-order chi connectivity index (χ0) is 11.8. The van der Waals surface area contributed by atoms with E-state index in [4.69, 9.17) is 0 Å². The molecule has 96 valence electrons. The fourth-order valence-electron chi connectivity index (χ4n) is 5.91. The van der Waals surface area contributed by atoms with Crippen LogP contribution < -0.4 is 5.32 Å². The highest BCUT2D eigenvalue weighted by molar-refractivity contribution is 5.17. The van der Waals surface area contributed by atoms with Crippen molar-refractivity contribution in [3.05, 3.63) is 0 Å². The van der Waals surface area contributed by atoms with E-state index in [9.17, 15) is 0 Å². The fraction of sp³-hybridized carbons (Fsp3) is 1.00. The highest BCUT2D eigenvalue weighted by Crippen LogP contribution is 2.66. The van der Waals surface area contributed by atoms with Crippen LogP contribution in [0.5, 0.6) is 0 Å². The van der Waals surface area contributed by atoms with E-state index >= 15 is 0 Å². The third kappa shape index (κ3) is 1.54. The number of rotatable bonds is 2. The summed E-state index contributed by atoms with van der Waals surface area (Å²) >= 11 is 0. The molecule has 0 saturated heterocycles. The van der Waals surface area contributed by atoms with Crippen LogP contribution in [0.3, 0.4) is 0 Å². The summed E-state index contributed by atoms with van der Waals surface area (Å²) in [6.07, 6.45) is 7.50. The second-order valence-corrected chi connectivity index (χ2v) is 8.34. The monoisotopic (exact) mass is 233 g/mol. The molecule has 6 unspecified atom stereocenters. The molecule has 4 fully saturated rings. The van der Waals surface area contributed by atoms with Crippen LogP contribution in [-0.2, 0) is 0 Å². The largest absolute Gasteiger partial charge is 0.310 e. The van der Waals surface area contributed by atoms with Crippen molar-refractivity contribution in [2.24, 2.45) is 35.0 Å². The van der Waals surface area contributed by atoms with Gasteiger partial charge in [-0.15, -0.1) is 0 Å². The minimum absolute atomic E-state index is 0.583. The van der Waals surface area contributed by atoms with Gasteiger partial charge >= 0.3 is 0 Å². The first kappa shape index (κ1) is 10.8. The van der Waals surface area contributed by atoms with Gasteiger partial charge < -0.3 is 5.32 Å². The molecule has 2 bridgehead atoms. The molecule has 4 aliphatic rings. The standard InChI is InChI=1S/C16H27N/c1-9-7-16(2,3)8-12(9)17-15-13-10-4-5-11(6-10)14(13)15/h9-15,17H,4-8H2,1-3H3. The Morgan fingerprint density at radius 3 is 2.18 bits per heavy atom. The van der Waals surface area contributed by atoms with Crippen molar-refractivity contribution in [1.29, 1.82) is 0 Å². The van der Waals surface area contributed by atoms with Crippen LogP contribution in [0.2, 0.25) is 0 Å². The Bertz CT molecular complexity index is 318. The minimum atomic E-state index is 0.583. The Morgan fingerprint density at radius 1 is 1.00 bits per heavy atom. The summed E-state index contributed by atoms with van der Waals surface area (Å²) < 4.78 is 0. The Morgan fingerprint density at radius 2 is 1.65 bits per heavy atom. The molecular formula is C16H27N. The molecule has 1 N–H and O–H groups in total. The molecule has 6 atom stereocenters. The van der Waals surface area contributed by atoms with Gasteiger partial charge in [0.15, 0.2) is 0 Å². The smallest absolute Gasteiger partial charge is 0.0138 e. The normalized spacial score (nSPS) is 58.4. The first-order chi connectivity index (χ1) is 8.05. The first-order valence-corrected chi connectivity index (χ1v) is 7.81. The van der Waals surface area contributed by atoms with Crippen LogP contribution in [0.25, 0.3) is 0 Å². The van der Waals surface area contributed by atoms with Crippen LogP contribution in [-0.4, -0.2) is 12.1 Å². The Balaban J connectivity index is 1.41. The molecule has 0 aromatic rings. The molecule has 4 rings (SSSR count). The summed E-state index contributed by atoms with van der Waals surface area (Å²) in [5, 5.41) is 4.06. The highest BCUT2D eigenvalue weighted by Gasteiger charge is 2.65. The van der Waals surface area contributed by atoms with Gasteiger partial charge in [-0.1, -0.05) is 20.8 Å². The van der Waals surface area contributed by atoms with Crippen LogP contribution in [0.4, 0.5) is 0 Å². The Kier molecular flexibility index (Phi) is 2.10. The molecule has 1 nitrogen and oxygen atoms in total. The SMILES string of the molecule is CC1CC(C)(C)CC1NC1C2C3CCC(C3)C12. The second-order valence-electron chi connectivity index (χ2n) is 8.34. The lowest BCUT2D eigenvalue weighted by Crippen LogP contribution is -2.36. The summed E-state index contributed by atoms with van der Waals surface area (Å²) in [5.74, 6) is 5.33. The highest BCUT2D eigenvalue weighted by atomic mass is 15.1. The van der Waals surface area contributed by atoms with E-state index in [0.29, 0.717) is 5.41 Å². The van der Waals surface area contributed by atoms with E-state index in [1.54, 1.807) is 19.3 Å². The van der Waals surface area contributed by atoms with Gasteiger partial charge in [-0.05, 0) is 67.1 Å². The van der Waals surface area contributed by atoms with Crippen LogP contribution in [0.15, 0.2) is 0 Å². The maximum Gasteiger partial charge on any atom is 0.0138 e. The van der Waals surface area contributed by atoms with E-state index < -0.39 is 0 Å². The van der Waals surface area contributed by atoms with Crippen LogP contribution in [0, 0.1) is 35.0 Å². The Hall–Kier alpha value is -0.0400. The molecule has 0 aliphatic heterocycles. The molecule has 0 spiro atoms. The van der Waals surface area contributed by atoms with Gasteiger partial charge in [0, 0.05) is 12.1 Å². The average molecular weight is 233 g/mol. The Labute approximate surface area is 106 Å². The zero-order valence-corrected chi connectivity index (χ0v) is 11.6. The molecular weight excluding hydrogens is 206 g/mol. The third-order valence-corrected chi connectivity index (χ3v) is 6.48. The van der Waals surface area contributed by atoms with E-state index in [1.807, 2.05) is 0 Å². The van der Waals surface area contributed by atoms with Crippen molar-refractivity contribution in [3.63, 3.8) is 0 Å². The van der Waals surface area contributed by atoms with E-state index in [0.717, 1.165) is 41.7 Å². The van der Waals surface area contributed by atoms with Gasteiger partial charge in [-0.2, -0.15) is 0 Å². The molecule has 0 aromatic carbocycles. The van der Waals surface area contributed by atoms with Crippen molar-refractivity contribution in [3.8, 4) is 0 Å². The third-order valence-electron chi connectivity index (χ3n) is 6.48. The number of fused-ring (bicyclic) bond motifs is 5. The maximum absolute atomic E-state index is 4.06. The van der Waals surface area contributed by atoms with E-state index in [-0.39, 0.29) is 0 Å². The molecule has 0 heterocycles. The molecule has 4 saturated carbocycles. The topological polar surface area (TPSA) is 12.0 Å². The quantitative estimate of drug-likeness (QED) is 0.770. The number of nitrogens with one attached hydrogen (secondary N) is 1. The lowest BCUT2D eigenvalue weighted by molar-refractivity contribution is 0.353.